The third-order valence-corrected chi connectivity index (χ3v) is 7.44. The van der Waals surface area contributed by atoms with Crippen molar-refractivity contribution in [3.63, 3.8) is 0 Å². The van der Waals surface area contributed by atoms with E-state index in [9.17, 15) is 18.0 Å². The first-order valence-electron chi connectivity index (χ1n) is 9.59. The quantitative estimate of drug-likeness (QED) is 0.710. The minimum Gasteiger partial charge on any atom is -0.350 e. The van der Waals surface area contributed by atoms with Crippen molar-refractivity contribution in [2.24, 2.45) is 5.92 Å². The first-order valence-corrected chi connectivity index (χ1v) is 11.0. The van der Waals surface area contributed by atoms with E-state index in [1.807, 2.05) is 13.8 Å². The predicted octanol–water partition coefficient (Wildman–Crippen LogP) is 2.27. The fourth-order valence-electron chi connectivity index (χ4n) is 3.84. The zero-order chi connectivity index (χ0) is 20.5. The van der Waals surface area contributed by atoms with E-state index in [1.165, 1.54) is 22.5 Å². The van der Waals surface area contributed by atoms with Crippen LogP contribution < -0.4 is 10.6 Å². The van der Waals surface area contributed by atoms with Crippen LogP contribution in [0, 0.1) is 5.92 Å². The number of hydrogen-bond acceptors (Lipinski definition) is 4. The zero-order valence-electron chi connectivity index (χ0n) is 16.2. The van der Waals surface area contributed by atoms with Gasteiger partial charge in [0.1, 0.15) is 0 Å². The molecule has 2 amide bonds. The van der Waals surface area contributed by atoms with Crippen molar-refractivity contribution < 1.29 is 18.0 Å². The number of amides is 2. The van der Waals surface area contributed by atoms with E-state index in [-0.39, 0.29) is 40.8 Å². The van der Waals surface area contributed by atoms with Crippen molar-refractivity contribution in [3.8, 4) is 0 Å². The number of nitrogens with one attached hydrogen (secondary N) is 2. The summed E-state index contributed by atoms with van der Waals surface area (Å²) in [5, 5.41) is 5.68. The molecule has 1 heterocycles. The number of carbonyl (C=O) groups is 2. The van der Waals surface area contributed by atoms with Crippen LogP contribution in [0.3, 0.4) is 0 Å². The molecule has 1 aliphatic heterocycles. The zero-order valence-corrected chi connectivity index (χ0v) is 17.0. The molecule has 0 aromatic heterocycles. The monoisotopic (exact) mass is 405 g/mol. The van der Waals surface area contributed by atoms with E-state index in [0.29, 0.717) is 18.5 Å². The van der Waals surface area contributed by atoms with Crippen LogP contribution in [0.2, 0.25) is 0 Å². The normalized spacial score (nSPS) is 25.7. The van der Waals surface area contributed by atoms with Crippen LogP contribution >= 0.6 is 0 Å². The fraction of sp³-hybridized carbons (Fsp3) is 0.500. The number of piperidine rings is 1. The summed E-state index contributed by atoms with van der Waals surface area (Å²) in [5.41, 5.74) is 0.600. The van der Waals surface area contributed by atoms with Gasteiger partial charge in [-0.1, -0.05) is 6.58 Å². The Balaban J connectivity index is 1.71. The van der Waals surface area contributed by atoms with Gasteiger partial charge in [0.25, 0.3) is 0 Å². The second-order valence-electron chi connectivity index (χ2n) is 7.70. The molecule has 0 spiro atoms. The number of rotatable bonds is 6. The smallest absolute Gasteiger partial charge is 0.243 e. The highest BCUT2D eigenvalue weighted by Gasteiger charge is 2.39. The van der Waals surface area contributed by atoms with E-state index >= 15 is 0 Å². The molecular formula is C20H27N3O4S. The Morgan fingerprint density at radius 3 is 2.18 bits per heavy atom. The minimum atomic E-state index is -3.68. The maximum atomic E-state index is 13.2. The highest BCUT2D eigenvalue weighted by molar-refractivity contribution is 7.89. The van der Waals surface area contributed by atoms with Crippen LogP contribution in [0.5, 0.6) is 0 Å². The van der Waals surface area contributed by atoms with Crippen LogP contribution in [0.25, 0.3) is 0 Å². The molecule has 1 aromatic carbocycles. The van der Waals surface area contributed by atoms with Gasteiger partial charge in [0.15, 0.2) is 0 Å². The minimum absolute atomic E-state index is 0.0125. The third kappa shape index (κ3) is 4.44. The van der Waals surface area contributed by atoms with Gasteiger partial charge < -0.3 is 10.6 Å². The predicted molar refractivity (Wildman–Crippen MR) is 107 cm³/mol. The molecule has 152 valence electrons. The van der Waals surface area contributed by atoms with Crippen molar-refractivity contribution in [2.75, 3.05) is 5.32 Å². The van der Waals surface area contributed by atoms with Crippen LogP contribution in [-0.4, -0.2) is 42.7 Å². The Hall–Kier alpha value is -2.19. The Labute approximate surface area is 166 Å². The van der Waals surface area contributed by atoms with Crippen LogP contribution in [0.4, 0.5) is 5.69 Å². The number of benzene rings is 1. The summed E-state index contributed by atoms with van der Waals surface area (Å²) in [7, 11) is -3.68. The lowest BCUT2D eigenvalue weighted by Crippen LogP contribution is -2.54. The number of carbonyl (C=O) groups excluding carboxylic acids is 2. The molecule has 2 atom stereocenters. The molecule has 8 heteroatoms. The molecule has 2 aliphatic rings. The van der Waals surface area contributed by atoms with Gasteiger partial charge in [0, 0.05) is 29.7 Å². The second kappa shape index (κ2) is 8.05. The lowest BCUT2D eigenvalue weighted by atomic mass is 9.95. The maximum absolute atomic E-state index is 13.2. The van der Waals surface area contributed by atoms with E-state index in [0.717, 1.165) is 12.8 Å². The molecular weight excluding hydrogens is 378 g/mol. The molecule has 28 heavy (non-hydrogen) atoms. The van der Waals surface area contributed by atoms with Crippen LogP contribution in [0.1, 0.15) is 39.5 Å². The van der Waals surface area contributed by atoms with Crippen LogP contribution in [0.15, 0.2) is 41.8 Å². The number of anilines is 1. The molecule has 0 bridgehead atoms. The van der Waals surface area contributed by atoms with Gasteiger partial charge in [0.2, 0.25) is 21.8 Å². The molecule has 2 fully saturated rings. The maximum Gasteiger partial charge on any atom is 0.243 e. The molecule has 2 N–H and O–H groups in total. The van der Waals surface area contributed by atoms with Gasteiger partial charge >= 0.3 is 0 Å². The number of hydrogen-bond donors (Lipinski definition) is 2. The van der Waals surface area contributed by atoms with Crippen molar-refractivity contribution >= 4 is 27.5 Å². The SMILES string of the molecule is C=CC(=O)NC1CC(C)N(S(=O)(=O)c2ccc(NC(=O)C3CC3)cc2)C(C)C1. The van der Waals surface area contributed by atoms with E-state index in [1.54, 1.807) is 12.1 Å². The standard InChI is InChI=1S/C20H27N3O4S/c1-4-19(24)21-17-11-13(2)23(14(3)12-17)28(26,27)18-9-7-16(8-10-18)22-20(25)15-5-6-15/h4,7-10,13-15,17H,1,5-6,11-12H2,2-3H3,(H,21,24)(H,22,25). The highest BCUT2D eigenvalue weighted by Crippen LogP contribution is 2.32. The van der Waals surface area contributed by atoms with Gasteiger partial charge in [-0.2, -0.15) is 4.31 Å². The molecule has 1 saturated carbocycles. The van der Waals surface area contributed by atoms with Gasteiger partial charge in [-0.25, -0.2) is 8.42 Å². The summed E-state index contributed by atoms with van der Waals surface area (Å²) >= 11 is 0. The molecule has 0 radical (unpaired) electrons. The summed E-state index contributed by atoms with van der Waals surface area (Å²) in [6.07, 6.45) is 4.13. The average Bonchev–Trinajstić information content (AvgIpc) is 3.46. The first kappa shape index (κ1) is 20.5. The molecule has 1 aliphatic carbocycles. The Morgan fingerprint density at radius 2 is 1.68 bits per heavy atom. The molecule has 3 rings (SSSR count). The Bertz CT molecular complexity index is 850. The summed E-state index contributed by atoms with van der Waals surface area (Å²) in [6.45, 7) is 7.15. The summed E-state index contributed by atoms with van der Waals surface area (Å²) in [4.78, 5) is 23.6. The Morgan fingerprint density at radius 1 is 1.11 bits per heavy atom. The van der Waals surface area contributed by atoms with Gasteiger partial charge in [0.05, 0.1) is 4.90 Å². The van der Waals surface area contributed by atoms with E-state index < -0.39 is 10.0 Å². The summed E-state index contributed by atoms with van der Waals surface area (Å²) in [5.74, 6) is -0.168. The van der Waals surface area contributed by atoms with Crippen molar-refractivity contribution in [3.05, 3.63) is 36.9 Å². The van der Waals surface area contributed by atoms with Gasteiger partial charge in [-0.3, -0.25) is 9.59 Å². The molecule has 1 saturated heterocycles. The van der Waals surface area contributed by atoms with Crippen molar-refractivity contribution in [2.45, 2.75) is 62.6 Å². The van der Waals surface area contributed by atoms with Gasteiger partial charge in [-0.05, 0) is 69.9 Å². The molecule has 1 aromatic rings. The average molecular weight is 406 g/mol. The third-order valence-electron chi connectivity index (χ3n) is 5.30. The van der Waals surface area contributed by atoms with Crippen molar-refractivity contribution in [1.29, 1.82) is 0 Å². The molecule has 7 nitrogen and oxygen atoms in total. The lowest BCUT2D eigenvalue weighted by molar-refractivity contribution is -0.118. The lowest BCUT2D eigenvalue weighted by Gasteiger charge is -2.41. The van der Waals surface area contributed by atoms with Crippen LogP contribution in [-0.2, 0) is 19.6 Å². The second-order valence-corrected chi connectivity index (χ2v) is 9.55. The highest BCUT2D eigenvalue weighted by atomic mass is 32.2. The first-order chi connectivity index (χ1) is 13.2. The van der Waals surface area contributed by atoms with E-state index in [4.69, 9.17) is 0 Å². The topological polar surface area (TPSA) is 95.6 Å². The fourth-order valence-corrected chi connectivity index (χ4v) is 5.68. The summed E-state index contributed by atoms with van der Waals surface area (Å²) in [6, 6.07) is 5.73. The number of sulfonamides is 1. The molecule has 2 unspecified atom stereocenters. The van der Waals surface area contributed by atoms with Gasteiger partial charge in [-0.15, -0.1) is 0 Å². The summed E-state index contributed by atoms with van der Waals surface area (Å²) < 4.78 is 27.9. The number of nitrogens with zero attached hydrogens (tertiary/aromatic N) is 1. The Kier molecular flexibility index (Phi) is 5.90. The van der Waals surface area contributed by atoms with Crippen molar-refractivity contribution in [1.82, 2.24) is 9.62 Å². The largest absolute Gasteiger partial charge is 0.350 e. The van der Waals surface area contributed by atoms with E-state index in [2.05, 4.69) is 17.2 Å².